The zero-order chi connectivity index (χ0) is 12.3. The minimum absolute atomic E-state index is 0.547. The molecule has 0 aliphatic heterocycles. The van der Waals surface area contributed by atoms with Crippen LogP contribution in [0.3, 0.4) is 0 Å². The van der Waals surface area contributed by atoms with Gasteiger partial charge in [0.15, 0.2) is 5.82 Å². The molecule has 5 nitrogen and oxygen atoms in total. The van der Waals surface area contributed by atoms with Gasteiger partial charge in [-0.15, -0.1) is 0 Å². The average Bonchev–Trinajstić information content (AvgIpc) is 2.67. The monoisotopic (exact) mass is 233 g/mol. The minimum Gasteiger partial charge on any atom is -0.368 e. The second kappa shape index (κ2) is 5.14. The molecule has 0 spiro atoms. The van der Waals surface area contributed by atoms with E-state index in [0.29, 0.717) is 5.92 Å². The van der Waals surface area contributed by atoms with Gasteiger partial charge in [0.25, 0.3) is 0 Å². The molecule has 0 saturated carbocycles. The standard InChI is InChI=1S/C12H19N5/c1-9(3-4-13)8-15-12-11-7-10(2)16-17(11)6-5-14-12/h5-7,9H,3-4,8,13H2,1-2H3,(H,14,15). The lowest BCUT2D eigenvalue weighted by Crippen LogP contribution is -2.16. The molecular weight excluding hydrogens is 214 g/mol. The van der Waals surface area contributed by atoms with Crippen LogP contribution in [0.4, 0.5) is 5.82 Å². The molecule has 0 saturated heterocycles. The Morgan fingerprint density at radius 1 is 1.53 bits per heavy atom. The molecule has 1 unspecified atom stereocenters. The first kappa shape index (κ1) is 11.9. The molecule has 1 atom stereocenters. The normalized spacial score (nSPS) is 12.9. The maximum Gasteiger partial charge on any atom is 0.152 e. The fraction of sp³-hybridized carbons (Fsp3) is 0.500. The van der Waals surface area contributed by atoms with E-state index in [1.807, 2.05) is 23.7 Å². The Hall–Kier alpha value is -1.62. The molecule has 0 aliphatic rings. The van der Waals surface area contributed by atoms with Crippen LogP contribution >= 0.6 is 0 Å². The summed E-state index contributed by atoms with van der Waals surface area (Å²) in [6.07, 6.45) is 4.64. The molecule has 0 bridgehead atoms. The highest BCUT2D eigenvalue weighted by molar-refractivity contribution is 5.67. The number of hydrogen-bond donors (Lipinski definition) is 2. The maximum absolute atomic E-state index is 5.53. The van der Waals surface area contributed by atoms with Gasteiger partial charge in [-0.3, -0.25) is 0 Å². The van der Waals surface area contributed by atoms with E-state index in [1.54, 1.807) is 6.20 Å². The van der Waals surface area contributed by atoms with E-state index in [0.717, 1.165) is 36.5 Å². The van der Waals surface area contributed by atoms with E-state index in [4.69, 9.17) is 5.73 Å². The fourth-order valence-corrected chi connectivity index (χ4v) is 1.84. The first-order valence-electron chi connectivity index (χ1n) is 5.95. The van der Waals surface area contributed by atoms with Gasteiger partial charge in [-0.05, 0) is 31.9 Å². The summed E-state index contributed by atoms with van der Waals surface area (Å²) in [7, 11) is 0. The summed E-state index contributed by atoms with van der Waals surface area (Å²) in [6.45, 7) is 5.77. The van der Waals surface area contributed by atoms with Crippen LogP contribution in [-0.2, 0) is 0 Å². The fourth-order valence-electron chi connectivity index (χ4n) is 1.84. The highest BCUT2D eigenvalue weighted by Crippen LogP contribution is 2.15. The predicted molar refractivity (Wildman–Crippen MR) is 69.0 cm³/mol. The van der Waals surface area contributed by atoms with E-state index in [1.165, 1.54) is 0 Å². The summed E-state index contributed by atoms with van der Waals surface area (Å²) in [4.78, 5) is 4.35. The van der Waals surface area contributed by atoms with E-state index in [-0.39, 0.29) is 0 Å². The number of hydrogen-bond acceptors (Lipinski definition) is 4. The zero-order valence-corrected chi connectivity index (χ0v) is 10.3. The van der Waals surface area contributed by atoms with Gasteiger partial charge >= 0.3 is 0 Å². The zero-order valence-electron chi connectivity index (χ0n) is 10.3. The molecule has 92 valence electrons. The molecule has 0 fully saturated rings. The Morgan fingerprint density at radius 3 is 3.12 bits per heavy atom. The van der Waals surface area contributed by atoms with Crippen LogP contribution in [0, 0.1) is 12.8 Å². The second-order valence-electron chi connectivity index (χ2n) is 4.45. The van der Waals surface area contributed by atoms with Gasteiger partial charge in [0.1, 0.15) is 5.52 Å². The summed E-state index contributed by atoms with van der Waals surface area (Å²) in [6, 6.07) is 2.03. The van der Waals surface area contributed by atoms with Crippen LogP contribution < -0.4 is 11.1 Å². The predicted octanol–water partition coefficient (Wildman–Crippen LogP) is 1.43. The molecule has 0 amide bonds. The van der Waals surface area contributed by atoms with Crippen molar-refractivity contribution in [1.29, 1.82) is 0 Å². The minimum atomic E-state index is 0.547. The van der Waals surface area contributed by atoms with E-state index in [2.05, 4.69) is 22.3 Å². The van der Waals surface area contributed by atoms with Crippen molar-refractivity contribution in [2.24, 2.45) is 11.7 Å². The molecule has 3 N–H and O–H groups in total. The number of rotatable bonds is 5. The molecule has 0 aliphatic carbocycles. The van der Waals surface area contributed by atoms with Crippen molar-refractivity contribution in [2.45, 2.75) is 20.3 Å². The van der Waals surface area contributed by atoms with Crippen molar-refractivity contribution in [1.82, 2.24) is 14.6 Å². The summed E-state index contributed by atoms with van der Waals surface area (Å²) >= 11 is 0. The second-order valence-corrected chi connectivity index (χ2v) is 4.45. The van der Waals surface area contributed by atoms with E-state index in [9.17, 15) is 0 Å². The summed E-state index contributed by atoms with van der Waals surface area (Å²) in [5.74, 6) is 1.43. The quantitative estimate of drug-likeness (QED) is 0.820. The average molecular weight is 233 g/mol. The first-order chi connectivity index (χ1) is 8.20. The number of nitrogens with zero attached hydrogens (tertiary/aromatic N) is 3. The van der Waals surface area contributed by atoms with Crippen molar-refractivity contribution in [3.8, 4) is 0 Å². The Bertz CT molecular complexity index is 491. The summed E-state index contributed by atoms with van der Waals surface area (Å²) < 4.78 is 1.85. The van der Waals surface area contributed by atoms with Crippen LogP contribution in [-0.4, -0.2) is 27.7 Å². The third-order valence-corrected chi connectivity index (χ3v) is 2.79. The third kappa shape index (κ3) is 2.74. The molecule has 0 radical (unpaired) electrons. The number of aryl methyl sites for hydroxylation is 1. The lowest BCUT2D eigenvalue weighted by molar-refractivity contribution is 0.567. The number of fused-ring (bicyclic) bond motifs is 1. The Kier molecular flexibility index (Phi) is 3.58. The molecule has 2 rings (SSSR count). The molecular formula is C12H19N5. The SMILES string of the molecule is Cc1cc2c(NCC(C)CCN)nccn2n1. The smallest absolute Gasteiger partial charge is 0.152 e. The lowest BCUT2D eigenvalue weighted by Gasteiger charge is -2.12. The molecule has 17 heavy (non-hydrogen) atoms. The van der Waals surface area contributed by atoms with Gasteiger partial charge in [0.05, 0.1) is 5.69 Å². The summed E-state index contributed by atoms with van der Waals surface area (Å²) in [5, 5.41) is 7.71. The van der Waals surface area contributed by atoms with Crippen LogP contribution in [0.5, 0.6) is 0 Å². The topological polar surface area (TPSA) is 68.2 Å². The number of nitrogens with one attached hydrogen (secondary N) is 1. The third-order valence-electron chi connectivity index (χ3n) is 2.79. The number of aromatic nitrogens is 3. The van der Waals surface area contributed by atoms with Gasteiger partial charge in [-0.25, -0.2) is 9.50 Å². The molecule has 0 aromatic carbocycles. The Morgan fingerprint density at radius 2 is 2.35 bits per heavy atom. The van der Waals surface area contributed by atoms with Gasteiger partial charge in [-0.1, -0.05) is 6.92 Å². The van der Waals surface area contributed by atoms with E-state index < -0.39 is 0 Å². The van der Waals surface area contributed by atoms with Gasteiger partial charge in [-0.2, -0.15) is 5.10 Å². The molecule has 2 aromatic heterocycles. The Labute approximate surface area is 101 Å². The van der Waals surface area contributed by atoms with Gasteiger partial charge in [0.2, 0.25) is 0 Å². The van der Waals surface area contributed by atoms with Crippen molar-refractivity contribution in [3.05, 3.63) is 24.2 Å². The first-order valence-corrected chi connectivity index (χ1v) is 5.95. The highest BCUT2D eigenvalue weighted by Gasteiger charge is 2.06. The van der Waals surface area contributed by atoms with Crippen LogP contribution in [0.2, 0.25) is 0 Å². The molecule has 2 aromatic rings. The van der Waals surface area contributed by atoms with Gasteiger partial charge in [0, 0.05) is 18.9 Å². The van der Waals surface area contributed by atoms with Crippen molar-refractivity contribution >= 4 is 11.3 Å². The summed E-state index contributed by atoms with van der Waals surface area (Å²) in [5.41, 5.74) is 7.55. The van der Waals surface area contributed by atoms with Gasteiger partial charge < -0.3 is 11.1 Å². The van der Waals surface area contributed by atoms with Crippen LogP contribution in [0.1, 0.15) is 19.0 Å². The van der Waals surface area contributed by atoms with Crippen molar-refractivity contribution < 1.29 is 0 Å². The van der Waals surface area contributed by atoms with Crippen LogP contribution in [0.15, 0.2) is 18.5 Å². The maximum atomic E-state index is 5.53. The highest BCUT2D eigenvalue weighted by atomic mass is 15.2. The number of nitrogens with two attached hydrogens (primary N) is 1. The Balaban J connectivity index is 2.12. The van der Waals surface area contributed by atoms with Crippen molar-refractivity contribution in [2.75, 3.05) is 18.4 Å². The number of anilines is 1. The van der Waals surface area contributed by atoms with E-state index >= 15 is 0 Å². The van der Waals surface area contributed by atoms with Crippen LogP contribution in [0.25, 0.3) is 5.52 Å². The molecule has 5 heteroatoms. The lowest BCUT2D eigenvalue weighted by atomic mass is 10.1. The molecule has 2 heterocycles. The largest absolute Gasteiger partial charge is 0.368 e. The van der Waals surface area contributed by atoms with Crippen molar-refractivity contribution in [3.63, 3.8) is 0 Å².